The maximum absolute atomic E-state index is 13.5. The first-order chi connectivity index (χ1) is 13.0. The topological polar surface area (TPSA) is 53.5 Å². The maximum Gasteiger partial charge on any atom is 0.256 e. The van der Waals surface area contributed by atoms with Crippen LogP contribution in [-0.4, -0.2) is 40.3 Å². The van der Waals surface area contributed by atoms with Crippen LogP contribution in [0.25, 0.3) is 0 Å². The molecule has 0 saturated carbocycles. The second kappa shape index (κ2) is 6.76. The lowest BCUT2D eigenvalue weighted by molar-refractivity contribution is -0.130. The first-order valence-electron chi connectivity index (χ1n) is 9.32. The van der Waals surface area contributed by atoms with Crippen LogP contribution in [0.2, 0.25) is 0 Å². The number of hydrogen-bond donors (Lipinski definition) is 0. The monoisotopic (exact) mass is 367 g/mol. The van der Waals surface area contributed by atoms with Crippen LogP contribution in [0.15, 0.2) is 42.7 Å². The molecule has 0 aliphatic carbocycles. The molecule has 0 radical (unpaired) electrons. The minimum atomic E-state index is -0.841. The normalized spacial score (nSPS) is 22.5. The Morgan fingerprint density at radius 3 is 2.52 bits per heavy atom. The molecule has 2 aliphatic rings. The molecule has 1 unspecified atom stereocenters. The van der Waals surface area contributed by atoms with E-state index in [-0.39, 0.29) is 17.4 Å². The van der Waals surface area contributed by atoms with Gasteiger partial charge in [-0.15, -0.1) is 0 Å². The van der Waals surface area contributed by atoms with Gasteiger partial charge in [-0.25, -0.2) is 4.39 Å². The van der Waals surface area contributed by atoms with Crippen LogP contribution in [-0.2, 0) is 4.79 Å². The number of aromatic nitrogens is 1. The number of piperidine rings is 1. The molecular formula is C21H22FN3O2. The molecule has 2 aromatic rings. The van der Waals surface area contributed by atoms with Gasteiger partial charge < -0.3 is 9.80 Å². The highest BCUT2D eigenvalue weighted by molar-refractivity contribution is 6.05. The number of pyridine rings is 1. The van der Waals surface area contributed by atoms with Crippen LogP contribution in [0.3, 0.4) is 0 Å². The minimum absolute atomic E-state index is 0.0344. The van der Waals surface area contributed by atoms with E-state index < -0.39 is 11.4 Å². The highest BCUT2D eigenvalue weighted by Gasteiger charge is 2.53. The molecule has 1 spiro atoms. The third kappa shape index (κ3) is 2.99. The molecule has 1 aromatic carbocycles. The number of rotatable bonds is 2. The van der Waals surface area contributed by atoms with Crippen LogP contribution in [0.5, 0.6) is 0 Å². The number of hydrogen-bond acceptors (Lipinski definition) is 3. The molecule has 1 atom stereocenters. The molecule has 4 rings (SSSR count). The molecule has 0 bridgehead atoms. The molecule has 2 fully saturated rings. The molecule has 2 saturated heterocycles. The van der Waals surface area contributed by atoms with E-state index in [9.17, 15) is 14.0 Å². The second-order valence-electron chi connectivity index (χ2n) is 7.38. The van der Waals surface area contributed by atoms with Gasteiger partial charge in [-0.3, -0.25) is 14.6 Å². The third-order valence-electron chi connectivity index (χ3n) is 5.65. The van der Waals surface area contributed by atoms with E-state index in [2.05, 4.69) is 4.98 Å². The van der Waals surface area contributed by atoms with Crippen LogP contribution in [0.4, 0.5) is 10.1 Å². The van der Waals surface area contributed by atoms with E-state index in [0.29, 0.717) is 25.9 Å². The van der Waals surface area contributed by atoms with Gasteiger partial charge in [0, 0.05) is 25.0 Å². The number of carbonyl (C=O) groups excluding carboxylic acids is 2. The van der Waals surface area contributed by atoms with Gasteiger partial charge in [-0.1, -0.05) is 17.7 Å². The average molecular weight is 367 g/mol. The molecule has 2 amide bonds. The Morgan fingerprint density at radius 1 is 1.11 bits per heavy atom. The number of anilines is 1. The Hall–Kier alpha value is -2.76. The van der Waals surface area contributed by atoms with Crippen molar-refractivity contribution in [2.45, 2.75) is 38.1 Å². The van der Waals surface area contributed by atoms with Crippen molar-refractivity contribution in [1.82, 2.24) is 9.88 Å². The van der Waals surface area contributed by atoms with E-state index in [1.165, 1.54) is 12.3 Å². The standard InChI is InChI=1S/C21H22FN3O2/c1-15-4-6-18(7-5-15)24-10-2-8-21(20(24)27)9-3-11-25(21)19(26)16-12-17(22)14-23-13-16/h4-7,12-14H,2-3,8-11H2,1H3. The second-order valence-corrected chi connectivity index (χ2v) is 7.38. The van der Waals surface area contributed by atoms with E-state index in [1.54, 1.807) is 9.80 Å². The van der Waals surface area contributed by atoms with Crippen LogP contribution < -0.4 is 4.90 Å². The lowest BCUT2D eigenvalue weighted by Gasteiger charge is -2.44. The van der Waals surface area contributed by atoms with Gasteiger partial charge in [-0.05, 0) is 50.8 Å². The Balaban J connectivity index is 1.66. The number of amides is 2. The quantitative estimate of drug-likeness (QED) is 0.818. The molecule has 27 heavy (non-hydrogen) atoms. The van der Waals surface area contributed by atoms with Crippen molar-refractivity contribution >= 4 is 17.5 Å². The molecular weight excluding hydrogens is 345 g/mol. The van der Waals surface area contributed by atoms with Crippen LogP contribution in [0.1, 0.15) is 41.6 Å². The zero-order valence-corrected chi connectivity index (χ0v) is 15.3. The predicted octanol–water partition coefficient (Wildman–Crippen LogP) is 3.33. The lowest BCUT2D eigenvalue weighted by atomic mass is 9.84. The Morgan fingerprint density at radius 2 is 1.81 bits per heavy atom. The smallest absolute Gasteiger partial charge is 0.256 e. The average Bonchev–Trinajstić information content (AvgIpc) is 3.09. The summed E-state index contributed by atoms with van der Waals surface area (Å²) in [6.45, 7) is 3.16. The highest BCUT2D eigenvalue weighted by Crippen LogP contribution is 2.40. The first-order valence-corrected chi connectivity index (χ1v) is 9.32. The molecule has 3 heterocycles. The van der Waals surface area contributed by atoms with E-state index >= 15 is 0 Å². The van der Waals surface area contributed by atoms with E-state index in [1.807, 2.05) is 31.2 Å². The molecule has 5 nitrogen and oxygen atoms in total. The van der Waals surface area contributed by atoms with E-state index in [4.69, 9.17) is 0 Å². The van der Waals surface area contributed by atoms with Gasteiger partial charge in [0.05, 0.1) is 11.8 Å². The Bertz CT molecular complexity index is 883. The summed E-state index contributed by atoms with van der Waals surface area (Å²) in [6.07, 6.45) is 5.31. The zero-order valence-electron chi connectivity index (χ0n) is 15.3. The zero-order chi connectivity index (χ0) is 19.0. The van der Waals surface area contributed by atoms with Gasteiger partial charge in [0.1, 0.15) is 11.4 Å². The summed E-state index contributed by atoms with van der Waals surface area (Å²) in [5.74, 6) is -0.906. The first kappa shape index (κ1) is 17.6. The number of halogens is 1. The largest absolute Gasteiger partial charge is 0.324 e. The number of benzene rings is 1. The summed E-state index contributed by atoms with van der Waals surface area (Å²) >= 11 is 0. The summed E-state index contributed by atoms with van der Waals surface area (Å²) < 4.78 is 13.5. The number of aryl methyl sites for hydroxylation is 1. The fraction of sp³-hybridized carbons (Fsp3) is 0.381. The van der Waals surface area contributed by atoms with Crippen molar-refractivity contribution in [2.24, 2.45) is 0 Å². The van der Waals surface area contributed by atoms with Crippen molar-refractivity contribution in [3.05, 3.63) is 59.7 Å². The Labute approximate surface area is 157 Å². The molecule has 1 aromatic heterocycles. The SMILES string of the molecule is Cc1ccc(N2CCCC3(CCCN3C(=O)c3cncc(F)c3)C2=O)cc1. The number of nitrogens with zero attached hydrogens (tertiary/aromatic N) is 3. The summed E-state index contributed by atoms with van der Waals surface area (Å²) in [6, 6.07) is 9.06. The van der Waals surface area contributed by atoms with Gasteiger partial charge in [0.25, 0.3) is 11.8 Å². The molecule has 2 aliphatic heterocycles. The molecule has 140 valence electrons. The maximum atomic E-state index is 13.5. The Kier molecular flexibility index (Phi) is 4.42. The summed E-state index contributed by atoms with van der Waals surface area (Å²) in [7, 11) is 0. The van der Waals surface area contributed by atoms with E-state index in [0.717, 1.165) is 30.3 Å². The fourth-order valence-corrected chi connectivity index (χ4v) is 4.30. The number of likely N-dealkylation sites (tertiary alicyclic amines) is 1. The summed E-state index contributed by atoms with van der Waals surface area (Å²) in [5.41, 5.74) is 1.34. The predicted molar refractivity (Wildman–Crippen MR) is 100.0 cm³/mol. The van der Waals surface area contributed by atoms with Crippen molar-refractivity contribution in [1.29, 1.82) is 0 Å². The summed E-state index contributed by atoms with van der Waals surface area (Å²) in [4.78, 5) is 33.8. The minimum Gasteiger partial charge on any atom is -0.324 e. The van der Waals surface area contributed by atoms with Gasteiger partial charge in [0.2, 0.25) is 0 Å². The summed E-state index contributed by atoms with van der Waals surface area (Å²) in [5, 5.41) is 0. The van der Waals surface area contributed by atoms with Crippen molar-refractivity contribution < 1.29 is 14.0 Å². The van der Waals surface area contributed by atoms with Gasteiger partial charge in [-0.2, -0.15) is 0 Å². The van der Waals surface area contributed by atoms with Gasteiger partial charge in [0.15, 0.2) is 0 Å². The molecule has 6 heteroatoms. The van der Waals surface area contributed by atoms with Crippen molar-refractivity contribution in [3.63, 3.8) is 0 Å². The molecule has 0 N–H and O–H groups in total. The van der Waals surface area contributed by atoms with Crippen LogP contribution >= 0.6 is 0 Å². The number of carbonyl (C=O) groups is 2. The van der Waals surface area contributed by atoms with Crippen LogP contribution in [0, 0.1) is 12.7 Å². The third-order valence-corrected chi connectivity index (χ3v) is 5.65. The lowest BCUT2D eigenvalue weighted by Crippen LogP contribution is -2.61. The fourth-order valence-electron chi connectivity index (χ4n) is 4.30. The van der Waals surface area contributed by atoms with Crippen molar-refractivity contribution in [3.8, 4) is 0 Å². The van der Waals surface area contributed by atoms with Crippen molar-refractivity contribution in [2.75, 3.05) is 18.0 Å². The van der Waals surface area contributed by atoms with Gasteiger partial charge >= 0.3 is 0 Å². The highest BCUT2D eigenvalue weighted by atomic mass is 19.1.